The number of fused-ring (bicyclic) bond motifs is 1. The lowest BCUT2D eigenvalue weighted by Crippen LogP contribution is -2.46. The predicted molar refractivity (Wildman–Crippen MR) is 99.2 cm³/mol. The highest BCUT2D eigenvalue weighted by molar-refractivity contribution is 5.87. The van der Waals surface area contributed by atoms with Gasteiger partial charge in [0, 0.05) is 31.9 Å². The largest absolute Gasteiger partial charge is 0.497 e. The molecule has 1 saturated heterocycles. The topological polar surface area (TPSA) is 80.4 Å². The number of anilines is 3. The number of hydrogen-bond acceptors (Lipinski definition) is 7. The van der Waals surface area contributed by atoms with Crippen LogP contribution < -0.4 is 20.3 Å². The fraction of sp³-hybridized carbons (Fsp3) is 0.278. The third-order valence-electron chi connectivity index (χ3n) is 4.51. The van der Waals surface area contributed by atoms with Gasteiger partial charge < -0.3 is 20.3 Å². The molecule has 3 heterocycles. The molecule has 0 bridgehead atoms. The molecule has 2 N–H and O–H groups in total. The number of nitrogen functional groups attached to an aromatic ring is 1. The van der Waals surface area contributed by atoms with E-state index in [1.165, 1.54) is 5.69 Å². The summed E-state index contributed by atoms with van der Waals surface area (Å²) in [6.45, 7) is 3.64. The van der Waals surface area contributed by atoms with Gasteiger partial charge in [-0.05, 0) is 36.4 Å². The van der Waals surface area contributed by atoms with Crippen LogP contribution in [0.2, 0.25) is 0 Å². The number of nitrogens with two attached hydrogens (primary N) is 1. The lowest BCUT2D eigenvalue weighted by Gasteiger charge is -2.37. The molecule has 2 aromatic heterocycles. The van der Waals surface area contributed by atoms with E-state index in [2.05, 4.69) is 36.9 Å². The Bertz CT molecular complexity index is 874. The molecule has 3 aromatic rings. The number of methoxy groups -OCH3 is 1. The lowest BCUT2D eigenvalue weighted by atomic mass is 10.2. The number of rotatable bonds is 3. The van der Waals surface area contributed by atoms with E-state index in [1.54, 1.807) is 19.5 Å². The summed E-state index contributed by atoms with van der Waals surface area (Å²) in [6, 6.07) is 11.9. The van der Waals surface area contributed by atoms with E-state index >= 15 is 0 Å². The van der Waals surface area contributed by atoms with Gasteiger partial charge in [-0.25, -0.2) is 15.0 Å². The normalized spacial score (nSPS) is 14.8. The monoisotopic (exact) mass is 336 g/mol. The van der Waals surface area contributed by atoms with Gasteiger partial charge in [-0.2, -0.15) is 0 Å². The molecule has 0 radical (unpaired) electrons. The molecule has 1 fully saturated rings. The molecule has 128 valence electrons. The third kappa shape index (κ3) is 3.00. The summed E-state index contributed by atoms with van der Waals surface area (Å²) in [5, 5.41) is 0.939. The number of nitrogens with zero attached hydrogens (tertiary/aromatic N) is 5. The zero-order valence-corrected chi connectivity index (χ0v) is 14.1. The molecule has 0 amide bonds. The number of hydrogen-bond donors (Lipinski definition) is 1. The van der Waals surface area contributed by atoms with Crippen LogP contribution in [0.3, 0.4) is 0 Å². The number of pyridine rings is 1. The number of piperazine rings is 1. The van der Waals surface area contributed by atoms with Crippen LogP contribution in [0.25, 0.3) is 11.0 Å². The maximum Gasteiger partial charge on any atom is 0.166 e. The van der Waals surface area contributed by atoms with Crippen molar-refractivity contribution in [2.24, 2.45) is 0 Å². The van der Waals surface area contributed by atoms with Crippen LogP contribution in [0.5, 0.6) is 5.75 Å². The van der Waals surface area contributed by atoms with Crippen LogP contribution >= 0.6 is 0 Å². The van der Waals surface area contributed by atoms with E-state index in [0.717, 1.165) is 43.1 Å². The molecule has 7 heteroatoms. The van der Waals surface area contributed by atoms with Gasteiger partial charge in [-0.1, -0.05) is 0 Å². The first kappa shape index (κ1) is 15.4. The number of benzene rings is 1. The van der Waals surface area contributed by atoms with Crippen molar-refractivity contribution < 1.29 is 4.74 Å². The highest BCUT2D eigenvalue weighted by Crippen LogP contribution is 2.25. The predicted octanol–water partition coefficient (Wildman–Crippen LogP) is 1.94. The van der Waals surface area contributed by atoms with Crippen molar-refractivity contribution in [2.75, 3.05) is 48.8 Å². The Labute approximate surface area is 146 Å². The first-order chi connectivity index (χ1) is 12.2. The van der Waals surface area contributed by atoms with E-state index in [-0.39, 0.29) is 0 Å². The molecule has 1 aromatic carbocycles. The van der Waals surface area contributed by atoms with Gasteiger partial charge in [0.05, 0.1) is 12.5 Å². The molecule has 1 aliphatic heterocycles. The Hall–Kier alpha value is -3.09. The van der Waals surface area contributed by atoms with Crippen molar-refractivity contribution >= 4 is 28.4 Å². The summed E-state index contributed by atoms with van der Waals surface area (Å²) in [5.41, 5.74) is 7.61. The van der Waals surface area contributed by atoms with Crippen LogP contribution in [-0.2, 0) is 0 Å². The van der Waals surface area contributed by atoms with Crippen molar-refractivity contribution in [1.82, 2.24) is 15.0 Å². The van der Waals surface area contributed by atoms with Crippen LogP contribution in [0.1, 0.15) is 0 Å². The second-order valence-electron chi connectivity index (χ2n) is 5.98. The van der Waals surface area contributed by atoms with Gasteiger partial charge in [-0.3, -0.25) is 0 Å². The third-order valence-corrected chi connectivity index (χ3v) is 4.51. The molecule has 0 spiro atoms. The number of aromatic nitrogens is 3. The minimum absolute atomic E-state index is 0.474. The molecule has 0 unspecified atom stereocenters. The highest BCUT2D eigenvalue weighted by Gasteiger charge is 2.20. The van der Waals surface area contributed by atoms with Crippen LogP contribution in [0.15, 0.2) is 42.7 Å². The maximum atomic E-state index is 5.75. The second-order valence-corrected chi connectivity index (χ2v) is 5.98. The quantitative estimate of drug-likeness (QED) is 0.783. The molecule has 1 aliphatic rings. The van der Waals surface area contributed by atoms with Gasteiger partial charge in [-0.15, -0.1) is 0 Å². The minimum Gasteiger partial charge on any atom is -0.497 e. The number of ether oxygens (including phenoxy) is 1. The van der Waals surface area contributed by atoms with Crippen molar-refractivity contribution in [3.05, 3.63) is 42.7 Å². The first-order valence-electron chi connectivity index (χ1n) is 8.26. The van der Waals surface area contributed by atoms with Gasteiger partial charge in [0.2, 0.25) is 0 Å². The Morgan fingerprint density at radius 1 is 0.920 bits per heavy atom. The van der Waals surface area contributed by atoms with Crippen molar-refractivity contribution in [2.45, 2.75) is 0 Å². The van der Waals surface area contributed by atoms with Gasteiger partial charge in [0.25, 0.3) is 0 Å². The molecule has 0 aliphatic carbocycles. The summed E-state index contributed by atoms with van der Waals surface area (Å²) in [6.07, 6.45) is 1.56. The minimum atomic E-state index is 0.474. The average molecular weight is 336 g/mol. The summed E-state index contributed by atoms with van der Waals surface area (Å²) >= 11 is 0. The molecule has 25 heavy (non-hydrogen) atoms. The maximum absolute atomic E-state index is 5.75. The van der Waals surface area contributed by atoms with Crippen LogP contribution in [0.4, 0.5) is 17.3 Å². The smallest absolute Gasteiger partial charge is 0.166 e. The molecular formula is C18H20N6O. The molecular weight excluding hydrogens is 316 g/mol. The Morgan fingerprint density at radius 3 is 2.36 bits per heavy atom. The summed E-state index contributed by atoms with van der Waals surface area (Å²) in [5.74, 6) is 2.27. The SMILES string of the molecule is COc1ccc(N2CCN(c3ncnc4nc(N)ccc34)CC2)cc1. The van der Waals surface area contributed by atoms with E-state index < -0.39 is 0 Å². The van der Waals surface area contributed by atoms with Crippen molar-refractivity contribution in [3.63, 3.8) is 0 Å². The Morgan fingerprint density at radius 2 is 1.64 bits per heavy atom. The fourth-order valence-corrected chi connectivity index (χ4v) is 3.17. The fourth-order valence-electron chi connectivity index (χ4n) is 3.17. The molecule has 0 atom stereocenters. The van der Waals surface area contributed by atoms with Gasteiger partial charge >= 0.3 is 0 Å². The standard InChI is InChI=1S/C18H20N6O/c1-25-14-4-2-13(3-5-14)23-8-10-24(11-9-23)18-15-6-7-16(19)22-17(15)20-12-21-18/h2-7,12H,8-11H2,1H3,(H2,19,20,21,22). The van der Waals surface area contributed by atoms with Crippen molar-refractivity contribution in [1.29, 1.82) is 0 Å². The van der Waals surface area contributed by atoms with Crippen LogP contribution in [-0.4, -0.2) is 48.2 Å². The zero-order chi connectivity index (χ0) is 17.2. The first-order valence-corrected chi connectivity index (χ1v) is 8.26. The lowest BCUT2D eigenvalue weighted by molar-refractivity contribution is 0.415. The van der Waals surface area contributed by atoms with E-state index in [9.17, 15) is 0 Å². The van der Waals surface area contributed by atoms with E-state index in [1.807, 2.05) is 18.2 Å². The van der Waals surface area contributed by atoms with Gasteiger partial charge in [0.15, 0.2) is 5.65 Å². The van der Waals surface area contributed by atoms with Crippen molar-refractivity contribution in [3.8, 4) is 5.75 Å². The Balaban J connectivity index is 1.52. The van der Waals surface area contributed by atoms with E-state index in [0.29, 0.717) is 11.5 Å². The molecule has 4 rings (SSSR count). The average Bonchev–Trinajstić information content (AvgIpc) is 2.67. The molecule has 7 nitrogen and oxygen atoms in total. The summed E-state index contributed by atoms with van der Waals surface area (Å²) < 4.78 is 5.22. The zero-order valence-electron chi connectivity index (χ0n) is 14.1. The van der Waals surface area contributed by atoms with E-state index in [4.69, 9.17) is 10.5 Å². The summed E-state index contributed by atoms with van der Waals surface area (Å²) in [4.78, 5) is 17.6. The second kappa shape index (κ2) is 6.43. The molecule has 0 saturated carbocycles. The summed E-state index contributed by atoms with van der Waals surface area (Å²) in [7, 11) is 1.68. The van der Waals surface area contributed by atoms with Gasteiger partial charge in [0.1, 0.15) is 23.7 Å². The van der Waals surface area contributed by atoms with Crippen LogP contribution in [0, 0.1) is 0 Å². The highest BCUT2D eigenvalue weighted by atomic mass is 16.5. The Kier molecular flexibility index (Phi) is 3.97.